The van der Waals surface area contributed by atoms with E-state index in [0.717, 1.165) is 33.4 Å². The van der Waals surface area contributed by atoms with Crippen molar-refractivity contribution in [2.24, 2.45) is 5.73 Å². The van der Waals surface area contributed by atoms with E-state index < -0.39 is 35.7 Å². The number of halogens is 4. The summed E-state index contributed by atoms with van der Waals surface area (Å²) >= 11 is 2.10. The van der Waals surface area contributed by atoms with E-state index in [2.05, 4.69) is 27.9 Å². The van der Waals surface area contributed by atoms with Gasteiger partial charge in [0.05, 0.1) is 5.56 Å². The van der Waals surface area contributed by atoms with Gasteiger partial charge in [0.2, 0.25) is 5.91 Å². The van der Waals surface area contributed by atoms with Crippen LogP contribution < -0.4 is 11.1 Å². The average molecular weight is 492 g/mol. The molecular weight excluding hydrogens is 476 g/mol. The molecule has 0 saturated heterocycles. The molecule has 0 bridgehead atoms. The number of carbonyl (C=O) groups excluding carboxylic acids is 2. The molecule has 0 unspecified atom stereocenters. The van der Waals surface area contributed by atoms with E-state index in [0.29, 0.717) is 0 Å². The molecule has 0 aliphatic rings. The highest BCUT2D eigenvalue weighted by Crippen LogP contribution is 2.30. The normalized spacial score (nSPS) is 13.7. The Balaban J connectivity index is 2.09. The average Bonchev–Trinajstić information content (AvgIpc) is 2.59. The first-order chi connectivity index (χ1) is 12.6. The number of primary amides is 1. The number of hydrogen-bond donors (Lipinski definition) is 3. The largest absolute Gasteiger partial charge is 0.416 e. The minimum absolute atomic E-state index is 0.0296. The molecule has 0 aromatic heterocycles. The lowest BCUT2D eigenvalue weighted by Gasteiger charge is -2.19. The van der Waals surface area contributed by atoms with Crippen LogP contribution in [-0.2, 0) is 22.2 Å². The van der Waals surface area contributed by atoms with Crippen LogP contribution in [0.3, 0.4) is 0 Å². The standard InChI is InChI=1S/C18H16F3IN2O3/c19-18(20,21)12-6-4-11(5-7-12)15(25)17(27)24-14(16(23)26)9-10-2-1-3-13(22)8-10/h1-8,14-15,25H,9H2,(H2,23,26)(H,24,27)/t14-,15+/m0/s1. The monoisotopic (exact) mass is 492 g/mol. The summed E-state index contributed by atoms with van der Waals surface area (Å²) in [4.78, 5) is 23.8. The van der Waals surface area contributed by atoms with Crippen LogP contribution >= 0.6 is 22.6 Å². The minimum atomic E-state index is -4.52. The molecule has 2 amide bonds. The summed E-state index contributed by atoms with van der Waals surface area (Å²) in [6.07, 6.45) is -6.13. The lowest BCUT2D eigenvalue weighted by atomic mass is 10.0. The molecule has 0 aliphatic heterocycles. The maximum atomic E-state index is 12.6. The van der Waals surface area contributed by atoms with Crippen molar-refractivity contribution in [3.05, 3.63) is 68.8 Å². The van der Waals surface area contributed by atoms with Gasteiger partial charge in [-0.05, 0) is 58.0 Å². The first-order valence-electron chi connectivity index (χ1n) is 7.77. The van der Waals surface area contributed by atoms with Gasteiger partial charge in [-0.2, -0.15) is 13.2 Å². The lowest BCUT2D eigenvalue weighted by molar-refractivity contribution is -0.137. The zero-order valence-electron chi connectivity index (χ0n) is 13.8. The van der Waals surface area contributed by atoms with E-state index in [-0.39, 0.29) is 12.0 Å². The number of amides is 2. The molecule has 144 valence electrons. The summed E-state index contributed by atoms with van der Waals surface area (Å²) < 4.78 is 38.7. The van der Waals surface area contributed by atoms with Crippen LogP contribution in [0.25, 0.3) is 0 Å². The second-order valence-corrected chi connectivity index (χ2v) is 7.07. The van der Waals surface area contributed by atoms with Gasteiger partial charge < -0.3 is 16.2 Å². The fraction of sp³-hybridized carbons (Fsp3) is 0.222. The van der Waals surface area contributed by atoms with Gasteiger partial charge in [-0.3, -0.25) is 9.59 Å². The minimum Gasteiger partial charge on any atom is -0.378 e. The van der Waals surface area contributed by atoms with Crippen molar-refractivity contribution in [3.8, 4) is 0 Å². The van der Waals surface area contributed by atoms with E-state index in [1.807, 2.05) is 12.1 Å². The fourth-order valence-corrected chi connectivity index (χ4v) is 2.99. The summed E-state index contributed by atoms with van der Waals surface area (Å²) in [6.45, 7) is 0. The van der Waals surface area contributed by atoms with Crippen LogP contribution in [0.4, 0.5) is 13.2 Å². The summed E-state index contributed by atoms with van der Waals surface area (Å²) in [5.41, 5.74) is 5.15. The maximum absolute atomic E-state index is 12.6. The number of alkyl halides is 3. The number of nitrogens with one attached hydrogen (secondary N) is 1. The van der Waals surface area contributed by atoms with Crippen molar-refractivity contribution in [2.75, 3.05) is 0 Å². The Morgan fingerprint density at radius 3 is 2.30 bits per heavy atom. The molecule has 2 rings (SSSR count). The van der Waals surface area contributed by atoms with Gasteiger partial charge in [0.25, 0.3) is 5.91 Å². The molecule has 2 aromatic carbocycles. The van der Waals surface area contributed by atoms with Crippen LogP contribution in [0, 0.1) is 3.57 Å². The number of aliphatic hydroxyl groups excluding tert-OH is 1. The molecule has 0 saturated carbocycles. The molecule has 0 aliphatic carbocycles. The van der Waals surface area contributed by atoms with Crippen LogP contribution in [0.2, 0.25) is 0 Å². The highest BCUT2D eigenvalue weighted by molar-refractivity contribution is 14.1. The Labute approximate surface area is 166 Å². The smallest absolute Gasteiger partial charge is 0.378 e. The van der Waals surface area contributed by atoms with Gasteiger partial charge in [-0.25, -0.2) is 0 Å². The van der Waals surface area contributed by atoms with Crippen molar-refractivity contribution < 1.29 is 27.9 Å². The molecule has 0 heterocycles. The Bertz CT molecular complexity index is 825. The number of rotatable bonds is 6. The van der Waals surface area contributed by atoms with Crippen LogP contribution in [0.1, 0.15) is 22.8 Å². The maximum Gasteiger partial charge on any atom is 0.416 e. The molecular formula is C18H16F3IN2O3. The molecule has 27 heavy (non-hydrogen) atoms. The molecule has 5 nitrogen and oxygen atoms in total. The third-order valence-electron chi connectivity index (χ3n) is 3.79. The van der Waals surface area contributed by atoms with Gasteiger partial charge in [-0.1, -0.05) is 24.3 Å². The first-order valence-corrected chi connectivity index (χ1v) is 8.85. The molecule has 0 radical (unpaired) electrons. The highest BCUT2D eigenvalue weighted by Gasteiger charge is 2.31. The Morgan fingerprint density at radius 1 is 1.15 bits per heavy atom. The van der Waals surface area contributed by atoms with E-state index in [4.69, 9.17) is 5.73 Å². The zero-order chi connectivity index (χ0) is 20.2. The third-order valence-corrected chi connectivity index (χ3v) is 4.46. The van der Waals surface area contributed by atoms with Gasteiger partial charge in [0.1, 0.15) is 6.04 Å². The lowest BCUT2D eigenvalue weighted by Crippen LogP contribution is -2.47. The summed E-state index contributed by atoms with van der Waals surface area (Å²) in [5.74, 6) is -1.72. The van der Waals surface area contributed by atoms with E-state index in [9.17, 15) is 27.9 Å². The van der Waals surface area contributed by atoms with Crippen molar-refractivity contribution >= 4 is 34.4 Å². The molecule has 0 fully saturated rings. The first kappa shape index (κ1) is 21.2. The molecule has 2 atom stereocenters. The number of nitrogens with two attached hydrogens (primary N) is 1. The molecule has 4 N–H and O–H groups in total. The Morgan fingerprint density at radius 2 is 1.78 bits per heavy atom. The quantitative estimate of drug-likeness (QED) is 0.542. The summed E-state index contributed by atoms with van der Waals surface area (Å²) in [7, 11) is 0. The molecule has 0 spiro atoms. The topological polar surface area (TPSA) is 92.4 Å². The predicted molar refractivity (Wildman–Crippen MR) is 100 cm³/mol. The predicted octanol–water partition coefficient (Wildman–Crippen LogP) is 2.56. The van der Waals surface area contributed by atoms with Gasteiger partial charge in [-0.15, -0.1) is 0 Å². The van der Waals surface area contributed by atoms with Crippen molar-refractivity contribution in [1.82, 2.24) is 5.32 Å². The van der Waals surface area contributed by atoms with E-state index >= 15 is 0 Å². The van der Waals surface area contributed by atoms with Gasteiger partial charge >= 0.3 is 6.18 Å². The second kappa shape index (κ2) is 8.70. The zero-order valence-corrected chi connectivity index (χ0v) is 16.0. The number of hydrogen-bond acceptors (Lipinski definition) is 3. The van der Waals surface area contributed by atoms with Crippen molar-refractivity contribution in [2.45, 2.75) is 24.7 Å². The number of carbonyl (C=O) groups is 2. The summed E-state index contributed by atoms with van der Waals surface area (Å²) in [6, 6.07) is 9.69. The second-order valence-electron chi connectivity index (χ2n) is 5.82. The van der Waals surface area contributed by atoms with E-state index in [1.165, 1.54) is 0 Å². The Kier molecular flexibility index (Phi) is 6.82. The highest BCUT2D eigenvalue weighted by atomic mass is 127. The molecule has 9 heteroatoms. The van der Waals surface area contributed by atoms with Crippen LogP contribution in [0.5, 0.6) is 0 Å². The van der Waals surface area contributed by atoms with Crippen molar-refractivity contribution in [3.63, 3.8) is 0 Å². The Hall–Kier alpha value is -2.14. The van der Waals surface area contributed by atoms with Gasteiger partial charge in [0, 0.05) is 9.99 Å². The van der Waals surface area contributed by atoms with Crippen molar-refractivity contribution in [1.29, 1.82) is 0 Å². The molecule has 2 aromatic rings. The van der Waals surface area contributed by atoms with Gasteiger partial charge in [0.15, 0.2) is 6.10 Å². The van der Waals surface area contributed by atoms with Crippen LogP contribution in [-0.4, -0.2) is 23.0 Å². The van der Waals surface area contributed by atoms with E-state index in [1.54, 1.807) is 12.1 Å². The summed E-state index contributed by atoms with van der Waals surface area (Å²) in [5, 5.41) is 12.4. The fourth-order valence-electron chi connectivity index (χ4n) is 2.38. The SMILES string of the molecule is NC(=O)[C@H](Cc1cccc(I)c1)NC(=O)[C@H](O)c1ccc(C(F)(F)F)cc1. The third kappa shape index (κ3) is 5.93. The number of aliphatic hydroxyl groups is 1. The number of benzene rings is 2. The van der Waals surface area contributed by atoms with Crippen LogP contribution in [0.15, 0.2) is 48.5 Å².